The van der Waals surface area contributed by atoms with Gasteiger partial charge in [0, 0.05) is 15.2 Å². The number of para-hydroxylation sites is 1. The van der Waals surface area contributed by atoms with E-state index in [1.54, 1.807) is 6.07 Å². The number of halogens is 1. The highest BCUT2D eigenvalue weighted by Crippen LogP contribution is 2.26. The van der Waals surface area contributed by atoms with Crippen molar-refractivity contribution in [2.75, 3.05) is 0 Å². The molecule has 2 rings (SSSR count). The Kier molecular flexibility index (Phi) is 4.57. The monoisotopic (exact) mass is 366 g/mol. The van der Waals surface area contributed by atoms with Gasteiger partial charge >= 0.3 is 5.97 Å². The molecule has 0 aliphatic carbocycles. The molecule has 0 spiro atoms. The van der Waals surface area contributed by atoms with E-state index >= 15 is 0 Å². The molecule has 0 aliphatic rings. The van der Waals surface area contributed by atoms with Crippen LogP contribution >= 0.6 is 22.6 Å². The lowest BCUT2D eigenvalue weighted by Crippen LogP contribution is -1.89. The molecule has 0 fully saturated rings. The molecular weight excluding hydrogens is 355 g/mol. The van der Waals surface area contributed by atoms with Crippen LogP contribution in [0.4, 0.5) is 0 Å². The summed E-state index contributed by atoms with van der Waals surface area (Å²) in [7, 11) is 0. The van der Waals surface area contributed by atoms with Gasteiger partial charge in [0.15, 0.2) is 0 Å². The fourth-order valence-corrected chi connectivity index (χ4v) is 1.86. The van der Waals surface area contributed by atoms with Crippen LogP contribution in [-0.2, 0) is 4.79 Å². The topological polar surface area (TPSA) is 46.5 Å². The van der Waals surface area contributed by atoms with Gasteiger partial charge in [-0.15, -0.1) is 0 Å². The summed E-state index contributed by atoms with van der Waals surface area (Å²) >= 11 is 2.22. The van der Waals surface area contributed by atoms with Crippen molar-refractivity contribution < 1.29 is 14.6 Å². The number of aliphatic carboxylic acids is 1. The van der Waals surface area contributed by atoms with Crippen LogP contribution in [0, 0.1) is 3.57 Å². The predicted molar refractivity (Wildman–Crippen MR) is 82.3 cm³/mol. The van der Waals surface area contributed by atoms with E-state index in [-0.39, 0.29) is 0 Å². The predicted octanol–water partition coefficient (Wildman–Crippen LogP) is 4.18. The number of ether oxygens (including phenoxy) is 1. The Balaban J connectivity index is 2.24. The van der Waals surface area contributed by atoms with Crippen molar-refractivity contribution in [1.82, 2.24) is 0 Å². The highest BCUT2D eigenvalue weighted by atomic mass is 127. The van der Waals surface area contributed by atoms with Gasteiger partial charge in [0.25, 0.3) is 0 Å². The summed E-state index contributed by atoms with van der Waals surface area (Å²) in [5.41, 5.74) is 0.725. The molecule has 0 bridgehead atoms. The first kappa shape index (κ1) is 13.6. The Morgan fingerprint density at radius 1 is 1.11 bits per heavy atom. The zero-order chi connectivity index (χ0) is 13.7. The van der Waals surface area contributed by atoms with E-state index in [2.05, 4.69) is 22.6 Å². The summed E-state index contributed by atoms with van der Waals surface area (Å²) in [6.45, 7) is 0. The largest absolute Gasteiger partial charge is 0.478 e. The van der Waals surface area contributed by atoms with E-state index in [0.717, 1.165) is 21.0 Å². The van der Waals surface area contributed by atoms with Gasteiger partial charge in [-0.1, -0.05) is 18.2 Å². The van der Waals surface area contributed by atoms with Crippen molar-refractivity contribution in [3.05, 3.63) is 63.7 Å². The standard InChI is InChI=1S/C15H11IO3/c16-12-6-8-13(9-7-12)19-14-4-2-1-3-11(14)5-10-15(17)18/h1-10H,(H,17,18)/b10-5-. The number of rotatable bonds is 4. The lowest BCUT2D eigenvalue weighted by molar-refractivity contribution is -0.131. The molecule has 0 unspecified atom stereocenters. The zero-order valence-electron chi connectivity index (χ0n) is 9.92. The smallest absolute Gasteiger partial charge is 0.328 e. The molecule has 2 aromatic rings. The van der Waals surface area contributed by atoms with Crippen LogP contribution < -0.4 is 4.74 Å². The number of hydrogen-bond donors (Lipinski definition) is 1. The Labute approximate surface area is 124 Å². The summed E-state index contributed by atoms with van der Waals surface area (Å²) in [4.78, 5) is 10.6. The second-order valence-electron chi connectivity index (χ2n) is 3.77. The SMILES string of the molecule is O=C(O)/C=C\c1ccccc1Oc1ccc(I)cc1. The number of benzene rings is 2. The molecule has 96 valence electrons. The minimum absolute atomic E-state index is 0.626. The quantitative estimate of drug-likeness (QED) is 0.652. The first-order valence-corrected chi connectivity index (χ1v) is 6.66. The first-order chi connectivity index (χ1) is 9.15. The Morgan fingerprint density at radius 3 is 2.47 bits per heavy atom. The van der Waals surface area contributed by atoms with Gasteiger partial charge in [0.2, 0.25) is 0 Å². The maximum Gasteiger partial charge on any atom is 0.328 e. The Morgan fingerprint density at radius 2 is 1.79 bits per heavy atom. The normalized spacial score (nSPS) is 10.6. The summed E-state index contributed by atoms with van der Waals surface area (Å²) in [6.07, 6.45) is 2.61. The molecule has 0 heterocycles. The van der Waals surface area contributed by atoms with Crippen molar-refractivity contribution in [3.8, 4) is 11.5 Å². The van der Waals surface area contributed by atoms with E-state index in [9.17, 15) is 4.79 Å². The van der Waals surface area contributed by atoms with Crippen LogP contribution in [0.5, 0.6) is 11.5 Å². The Hall–Kier alpha value is -1.82. The van der Waals surface area contributed by atoms with Crippen LogP contribution in [0.25, 0.3) is 6.08 Å². The highest BCUT2D eigenvalue weighted by molar-refractivity contribution is 14.1. The molecule has 4 heteroatoms. The first-order valence-electron chi connectivity index (χ1n) is 5.58. The molecule has 0 radical (unpaired) electrons. The van der Waals surface area contributed by atoms with Gasteiger partial charge in [-0.25, -0.2) is 4.79 Å². The number of carboxylic acids is 1. The van der Waals surface area contributed by atoms with E-state index < -0.39 is 5.97 Å². The summed E-state index contributed by atoms with van der Waals surface area (Å²) in [5.74, 6) is 0.363. The van der Waals surface area contributed by atoms with E-state index in [0.29, 0.717) is 5.75 Å². The van der Waals surface area contributed by atoms with Crippen LogP contribution in [-0.4, -0.2) is 11.1 Å². The average Bonchev–Trinajstić information content (AvgIpc) is 2.40. The molecule has 1 N–H and O–H groups in total. The van der Waals surface area contributed by atoms with Gasteiger partial charge in [0.1, 0.15) is 11.5 Å². The molecule has 19 heavy (non-hydrogen) atoms. The maximum absolute atomic E-state index is 10.6. The number of carbonyl (C=O) groups is 1. The molecule has 0 saturated heterocycles. The highest BCUT2D eigenvalue weighted by Gasteiger charge is 2.02. The molecule has 0 aliphatic heterocycles. The average molecular weight is 366 g/mol. The molecule has 0 saturated carbocycles. The molecular formula is C15H11IO3. The zero-order valence-corrected chi connectivity index (χ0v) is 12.1. The second kappa shape index (κ2) is 6.38. The lowest BCUT2D eigenvalue weighted by atomic mass is 10.2. The van der Waals surface area contributed by atoms with Gasteiger partial charge in [-0.3, -0.25) is 0 Å². The minimum atomic E-state index is -0.982. The third-order valence-corrected chi connectivity index (χ3v) is 3.09. The van der Waals surface area contributed by atoms with Crippen LogP contribution in [0.3, 0.4) is 0 Å². The third-order valence-electron chi connectivity index (χ3n) is 2.37. The van der Waals surface area contributed by atoms with E-state index in [1.807, 2.05) is 42.5 Å². The Bertz CT molecular complexity index is 603. The lowest BCUT2D eigenvalue weighted by Gasteiger charge is -2.08. The summed E-state index contributed by atoms with van der Waals surface area (Å²) < 4.78 is 6.88. The van der Waals surface area contributed by atoms with Crippen molar-refractivity contribution >= 4 is 34.6 Å². The molecule has 0 atom stereocenters. The van der Waals surface area contributed by atoms with Crippen LogP contribution in [0.2, 0.25) is 0 Å². The van der Waals surface area contributed by atoms with Crippen molar-refractivity contribution in [1.29, 1.82) is 0 Å². The van der Waals surface area contributed by atoms with Gasteiger partial charge < -0.3 is 9.84 Å². The van der Waals surface area contributed by atoms with Crippen molar-refractivity contribution in [2.24, 2.45) is 0 Å². The van der Waals surface area contributed by atoms with Gasteiger partial charge in [-0.05, 0) is 59.0 Å². The maximum atomic E-state index is 10.6. The van der Waals surface area contributed by atoms with Crippen LogP contribution in [0.15, 0.2) is 54.6 Å². The fourth-order valence-electron chi connectivity index (χ4n) is 1.50. The number of carboxylic acid groups (broad SMARTS) is 1. The minimum Gasteiger partial charge on any atom is -0.478 e. The summed E-state index contributed by atoms with van der Waals surface area (Å²) in [5, 5.41) is 8.66. The van der Waals surface area contributed by atoms with Crippen molar-refractivity contribution in [2.45, 2.75) is 0 Å². The molecule has 2 aromatic carbocycles. The molecule has 3 nitrogen and oxygen atoms in total. The molecule has 0 aromatic heterocycles. The number of hydrogen-bond acceptors (Lipinski definition) is 2. The molecule has 0 amide bonds. The van der Waals surface area contributed by atoms with Crippen molar-refractivity contribution in [3.63, 3.8) is 0 Å². The third kappa shape index (κ3) is 4.10. The van der Waals surface area contributed by atoms with E-state index in [1.165, 1.54) is 6.08 Å². The fraction of sp³-hybridized carbons (Fsp3) is 0. The second-order valence-corrected chi connectivity index (χ2v) is 5.01. The van der Waals surface area contributed by atoms with Crippen LogP contribution in [0.1, 0.15) is 5.56 Å². The van der Waals surface area contributed by atoms with E-state index in [4.69, 9.17) is 9.84 Å². The van der Waals surface area contributed by atoms with Gasteiger partial charge in [-0.2, -0.15) is 0 Å². The summed E-state index contributed by atoms with van der Waals surface area (Å²) in [6, 6.07) is 14.9. The van der Waals surface area contributed by atoms with Gasteiger partial charge in [0.05, 0.1) is 0 Å².